The van der Waals surface area contributed by atoms with Gasteiger partial charge in [0.05, 0.1) is 6.04 Å². The number of anilines is 1. The van der Waals surface area contributed by atoms with Crippen molar-refractivity contribution in [1.82, 2.24) is 9.97 Å². The number of hydrogen-bond acceptors (Lipinski definition) is 4. The SMILES string of the molecule is CC(Nc1cc(C(F)(F)F)nc(Cl)n1)c1ccsc1. The third-order valence-electron chi connectivity index (χ3n) is 2.40. The van der Waals surface area contributed by atoms with Crippen molar-refractivity contribution in [3.05, 3.63) is 39.4 Å². The third kappa shape index (κ3) is 3.57. The van der Waals surface area contributed by atoms with Gasteiger partial charge in [0.25, 0.3) is 0 Å². The van der Waals surface area contributed by atoms with Gasteiger partial charge in [-0.05, 0) is 40.9 Å². The Hall–Kier alpha value is -1.34. The van der Waals surface area contributed by atoms with Gasteiger partial charge in [-0.2, -0.15) is 24.5 Å². The fraction of sp³-hybridized carbons (Fsp3) is 0.273. The smallest absolute Gasteiger partial charge is 0.363 e. The number of hydrogen-bond donors (Lipinski definition) is 1. The molecule has 0 saturated heterocycles. The van der Waals surface area contributed by atoms with Crippen molar-refractivity contribution in [3.63, 3.8) is 0 Å². The minimum Gasteiger partial charge on any atom is -0.363 e. The lowest BCUT2D eigenvalue weighted by Gasteiger charge is -2.14. The molecule has 2 heterocycles. The Morgan fingerprint density at radius 2 is 2.11 bits per heavy atom. The summed E-state index contributed by atoms with van der Waals surface area (Å²) in [5, 5.41) is 6.23. The highest BCUT2D eigenvalue weighted by Crippen LogP contribution is 2.30. The minimum atomic E-state index is -4.55. The molecule has 0 spiro atoms. The van der Waals surface area contributed by atoms with Crippen molar-refractivity contribution < 1.29 is 13.2 Å². The summed E-state index contributed by atoms with van der Waals surface area (Å²) in [7, 11) is 0. The lowest BCUT2D eigenvalue weighted by atomic mass is 10.2. The van der Waals surface area contributed by atoms with Gasteiger partial charge in [-0.15, -0.1) is 0 Å². The average Bonchev–Trinajstić information content (AvgIpc) is 2.80. The van der Waals surface area contributed by atoms with Crippen LogP contribution in [0.25, 0.3) is 0 Å². The molecule has 1 unspecified atom stereocenters. The normalized spacial score (nSPS) is 13.3. The van der Waals surface area contributed by atoms with Gasteiger partial charge in [0.15, 0.2) is 5.69 Å². The highest BCUT2D eigenvalue weighted by Gasteiger charge is 2.33. The molecule has 19 heavy (non-hydrogen) atoms. The molecule has 0 fully saturated rings. The van der Waals surface area contributed by atoms with Crippen LogP contribution in [0.5, 0.6) is 0 Å². The molecule has 8 heteroatoms. The van der Waals surface area contributed by atoms with Crippen LogP contribution in [0.1, 0.15) is 24.2 Å². The first-order valence-electron chi connectivity index (χ1n) is 5.26. The van der Waals surface area contributed by atoms with E-state index in [4.69, 9.17) is 11.6 Å². The summed E-state index contributed by atoms with van der Waals surface area (Å²) in [5.41, 5.74) is -0.0965. The molecular weight excluding hydrogens is 299 g/mol. The highest BCUT2D eigenvalue weighted by molar-refractivity contribution is 7.07. The van der Waals surface area contributed by atoms with E-state index in [0.717, 1.165) is 11.6 Å². The van der Waals surface area contributed by atoms with Crippen LogP contribution in [0.2, 0.25) is 5.28 Å². The standard InChI is InChI=1S/C11H9ClF3N3S/c1-6(7-2-3-19-5-7)16-9-4-8(11(13,14)15)17-10(12)18-9/h2-6H,1H3,(H,16,17,18). The Morgan fingerprint density at radius 1 is 1.37 bits per heavy atom. The van der Waals surface area contributed by atoms with E-state index >= 15 is 0 Å². The van der Waals surface area contributed by atoms with E-state index in [9.17, 15) is 13.2 Å². The van der Waals surface area contributed by atoms with Crippen molar-refractivity contribution in [2.24, 2.45) is 0 Å². The predicted octanol–water partition coefficient (Wildman–Crippen LogP) is 4.38. The molecule has 2 aromatic rings. The third-order valence-corrected chi connectivity index (χ3v) is 3.27. The zero-order valence-corrected chi connectivity index (χ0v) is 11.3. The van der Waals surface area contributed by atoms with Gasteiger partial charge in [0, 0.05) is 6.07 Å². The zero-order chi connectivity index (χ0) is 14.0. The molecule has 0 aliphatic carbocycles. The zero-order valence-electron chi connectivity index (χ0n) is 9.70. The molecule has 0 bridgehead atoms. The summed E-state index contributed by atoms with van der Waals surface area (Å²) >= 11 is 7.01. The van der Waals surface area contributed by atoms with Gasteiger partial charge in [-0.3, -0.25) is 0 Å². The lowest BCUT2D eigenvalue weighted by molar-refractivity contribution is -0.141. The van der Waals surface area contributed by atoms with Crippen LogP contribution in [-0.4, -0.2) is 9.97 Å². The molecule has 2 rings (SSSR count). The van der Waals surface area contributed by atoms with Crippen LogP contribution in [0.4, 0.5) is 19.0 Å². The summed E-state index contributed by atoms with van der Waals surface area (Å²) in [6.07, 6.45) is -4.55. The number of nitrogens with one attached hydrogen (secondary N) is 1. The van der Waals surface area contributed by atoms with Crippen LogP contribution in [0.3, 0.4) is 0 Å². The van der Waals surface area contributed by atoms with Gasteiger partial charge in [0.2, 0.25) is 5.28 Å². The molecule has 1 atom stereocenters. The van der Waals surface area contributed by atoms with E-state index in [0.29, 0.717) is 0 Å². The molecule has 2 aromatic heterocycles. The van der Waals surface area contributed by atoms with E-state index in [-0.39, 0.29) is 11.9 Å². The van der Waals surface area contributed by atoms with Crippen LogP contribution < -0.4 is 5.32 Å². The van der Waals surface area contributed by atoms with Crippen LogP contribution in [-0.2, 0) is 6.18 Å². The summed E-state index contributed by atoms with van der Waals surface area (Å²) in [5.74, 6) is 0.0472. The Kier molecular flexibility index (Phi) is 3.96. The highest BCUT2D eigenvalue weighted by atomic mass is 35.5. The van der Waals surface area contributed by atoms with E-state index in [1.54, 1.807) is 0 Å². The fourth-order valence-electron chi connectivity index (χ4n) is 1.46. The van der Waals surface area contributed by atoms with Crippen LogP contribution in [0, 0.1) is 0 Å². The number of aromatic nitrogens is 2. The monoisotopic (exact) mass is 307 g/mol. The second kappa shape index (κ2) is 5.34. The number of alkyl halides is 3. The molecule has 3 nitrogen and oxygen atoms in total. The maximum absolute atomic E-state index is 12.6. The topological polar surface area (TPSA) is 37.8 Å². The van der Waals surface area contributed by atoms with Gasteiger partial charge in [-0.25, -0.2) is 9.97 Å². The number of halogens is 4. The molecule has 0 aliphatic heterocycles. The Labute approximate surface area is 116 Å². The average molecular weight is 308 g/mol. The van der Waals surface area contributed by atoms with Gasteiger partial charge in [0.1, 0.15) is 5.82 Å². The van der Waals surface area contributed by atoms with E-state index in [2.05, 4.69) is 15.3 Å². The predicted molar refractivity (Wildman–Crippen MR) is 68.4 cm³/mol. The number of nitrogens with zero attached hydrogens (tertiary/aromatic N) is 2. The van der Waals surface area contributed by atoms with Crippen molar-refractivity contribution in [2.75, 3.05) is 5.32 Å². The molecule has 0 aliphatic rings. The van der Waals surface area contributed by atoms with Crippen molar-refractivity contribution in [3.8, 4) is 0 Å². The summed E-state index contributed by atoms with van der Waals surface area (Å²) in [6, 6.07) is 2.56. The maximum Gasteiger partial charge on any atom is 0.433 e. The Bertz CT molecular complexity index is 557. The van der Waals surface area contributed by atoms with Crippen molar-refractivity contribution in [1.29, 1.82) is 0 Å². The molecule has 0 radical (unpaired) electrons. The largest absolute Gasteiger partial charge is 0.433 e. The fourth-order valence-corrected chi connectivity index (χ4v) is 2.40. The van der Waals surface area contributed by atoms with E-state index < -0.39 is 17.2 Å². The quantitative estimate of drug-likeness (QED) is 0.855. The van der Waals surface area contributed by atoms with Gasteiger partial charge < -0.3 is 5.32 Å². The molecule has 0 aromatic carbocycles. The summed E-state index contributed by atoms with van der Waals surface area (Å²) < 4.78 is 37.8. The number of thiophene rings is 1. The molecule has 102 valence electrons. The molecule has 0 saturated carbocycles. The molecular formula is C11H9ClF3N3S. The molecule has 0 amide bonds. The second-order valence-electron chi connectivity index (χ2n) is 3.83. The summed E-state index contributed by atoms with van der Waals surface area (Å²) in [4.78, 5) is 6.91. The van der Waals surface area contributed by atoms with Crippen LogP contribution >= 0.6 is 22.9 Å². The Balaban J connectivity index is 2.23. The first-order chi connectivity index (χ1) is 8.86. The maximum atomic E-state index is 12.6. The van der Waals surface area contributed by atoms with E-state index in [1.807, 2.05) is 23.8 Å². The second-order valence-corrected chi connectivity index (χ2v) is 4.95. The Morgan fingerprint density at radius 3 is 2.68 bits per heavy atom. The molecule has 1 N–H and O–H groups in total. The first kappa shape index (κ1) is 14.1. The minimum absolute atomic E-state index is 0.0472. The van der Waals surface area contributed by atoms with Crippen molar-refractivity contribution in [2.45, 2.75) is 19.1 Å². The number of rotatable bonds is 3. The first-order valence-corrected chi connectivity index (χ1v) is 6.59. The van der Waals surface area contributed by atoms with Gasteiger partial charge >= 0.3 is 6.18 Å². The lowest BCUT2D eigenvalue weighted by Crippen LogP contribution is -2.12. The summed E-state index contributed by atoms with van der Waals surface area (Å²) in [6.45, 7) is 1.82. The van der Waals surface area contributed by atoms with Crippen LogP contribution in [0.15, 0.2) is 22.9 Å². The van der Waals surface area contributed by atoms with Crippen molar-refractivity contribution >= 4 is 28.8 Å². The van der Waals surface area contributed by atoms with E-state index in [1.165, 1.54) is 11.3 Å². The van der Waals surface area contributed by atoms with Gasteiger partial charge in [-0.1, -0.05) is 0 Å².